The molecule has 0 atom stereocenters. The summed E-state index contributed by atoms with van der Waals surface area (Å²) in [5.41, 5.74) is 2.93. The van der Waals surface area contributed by atoms with E-state index in [0.29, 0.717) is 24.3 Å². The monoisotopic (exact) mass is 388 g/mol. The number of nitrogens with one attached hydrogen (secondary N) is 1. The average molecular weight is 388 g/mol. The molecule has 0 aliphatic carbocycles. The van der Waals surface area contributed by atoms with Crippen molar-refractivity contribution in [1.29, 1.82) is 0 Å². The Balaban J connectivity index is 1.79. The molecule has 0 unspecified atom stereocenters. The summed E-state index contributed by atoms with van der Waals surface area (Å²) in [4.78, 5) is 22.5. The molecule has 1 amide bonds. The van der Waals surface area contributed by atoms with Crippen molar-refractivity contribution in [2.75, 3.05) is 16.2 Å². The first-order valence-electron chi connectivity index (χ1n) is 8.51. The number of hydrogen-bond acceptors (Lipinski definition) is 4. The largest absolute Gasteiger partial charge is 0.481 e. The summed E-state index contributed by atoms with van der Waals surface area (Å²) in [6, 6.07) is 11.7. The minimum atomic E-state index is -3.64. The van der Waals surface area contributed by atoms with Crippen LogP contribution in [0.3, 0.4) is 0 Å². The van der Waals surface area contributed by atoms with E-state index in [1.54, 1.807) is 42.5 Å². The number of rotatable bonds is 6. The standard InChI is InChI=1S/C19H20N2O5S/c1-13-2-5-16(6-3-13)27(25,26)21-11-10-14-12-15(4-7-17(14)21)20-18(22)8-9-19(23)24/h2-7,12H,8-11H2,1H3,(H,20,22)(H,23,24). The topological polar surface area (TPSA) is 104 Å². The highest BCUT2D eigenvalue weighted by atomic mass is 32.2. The van der Waals surface area contributed by atoms with Gasteiger partial charge in [0.2, 0.25) is 5.91 Å². The fraction of sp³-hybridized carbons (Fsp3) is 0.263. The van der Waals surface area contributed by atoms with E-state index in [-0.39, 0.29) is 23.6 Å². The zero-order chi connectivity index (χ0) is 19.6. The summed E-state index contributed by atoms with van der Waals surface area (Å²) in [5.74, 6) is -1.42. The molecule has 0 bridgehead atoms. The molecule has 1 aliphatic rings. The Morgan fingerprint density at radius 2 is 1.81 bits per heavy atom. The Morgan fingerprint density at radius 1 is 1.11 bits per heavy atom. The van der Waals surface area contributed by atoms with Gasteiger partial charge in [-0.3, -0.25) is 13.9 Å². The van der Waals surface area contributed by atoms with Gasteiger partial charge in [-0.05, 0) is 49.2 Å². The highest BCUT2D eigenvalue weighted by Gasteiger charge is 2.31. The Labute approximate surface area is 157 Å². The van der Waals surface area contributed by atoms with Gasteiger partial charge in [-0.2, -0.15) is 0 Å². The summed E-state index contributed by atoms with van der Waals surface area (Å²) in [5, 5.41) is 11.3. The number of aryl methyl sites for hydroxylation is 1. The molecule has 2 aromatic rings. The van der Waals surface area contributed by atoms with Crippen LogP contribution in [0.1, 0.15) is 24.0 Å². The molecule has 2 N–H and O–H groups in total. The van der Waals surface area contributed by atoms with Crippen molar-refractivity contribution >= 4 is 33.3 Å². The molecule has 142 valence electrons. The van der Waals surface area contributed by atoms with Gasteiger partial charge in [0, 0.05) is 18.7 Å². The van der Waals surface area contributed by atoms with Crippen LogP contribution in [0, 0.1) is 6.92 Å². The summed E-state index contributed by atoms with van der Waals surface area (Å²) in [7, 11) is -3.64. The quantitative estimate of drug-likeness (QED) is 0.791. The zero-order valence-electron chi connectivity index (χ0n) is 14.8. The predicted octanol–water partition coefficient (Wildman–Crippen LogP) is 2.55. The van der Waals surface area contributed by atoms with Crippen LogP contribution in [0.15, 0.2) is 47.4 Å². The third kappa shape index (κ3) is 4.11. The molecule has 8 heteroatoms. The van der Waals surface area contributed by atoms with Crippen molar-refractivity contribution in [2.24, 2.45) is 0 Å². The Hall–Kier alpha value is -2.87. The second kappa shape index (κ2) is 7.40. The smallest absolute Gasteiger partial charge is 0.303 e. The van der Waals surface area contributed by atoms with Crippen LogP contribution in [0.25, 0.3) is 0 Å². The maximum Gasteiger partial charge on any atom is 0.303 e. The summed E-state index contributed by atoms with van der Waals surface area (Å²) < 4.78 is 27.2. The van der Waals surface area contributed by atoms with Gasteiger partial charge >= 0.3 is 5.97 Å². The predicted molar refractivity (Wildman–Crippen MR) is 101 cm³/mol. The van der Waals surface area contributed by atoms with Gasteiger partial charge in [0.05, 0.1) is 17.0 Å². The normalized spacial score (nSPS) is 13.3. The summed E-state index contributed by atoms with van der Waals surface area (Å²) in [6.45, 7) is 2.23. The number of carboxylic acid groups (broad SMARTS) is 1. The number of anilines is 2. The first-order valence-corrected chi connectivity index (χ1v) is 9.95. The molecule has 0 spiro atoms. The minimum Gasteiger partial charge on any atom is -0.481 e. The van der Waals surface area contributed by atoms with Crippen LogP contribution in [-0.2, 0) is 26.0 Å². The lowest BCUT2D eigenvalue weighted by atomic mass is 10.1. The van der Waals surface area contributed by atoms with Gasteiger partial charge in [-0.25, -0.2) is 8.42 Å². The second-order valence-corrected chi connectivity index (χ2v) is 8.29. The fourth-order valence-electron chi connectivity index (χ4n) is 2.98. The first kappa shape index (κ1) is 18.9. The molecule has 2 aromatic carbocycles. The van der Waals surface area contributed by atoms with Gasteiger partial charge in [0.25, 0.3) is 10.0 Å². The first-order chi connectivity index (χ1) is 12.8. The molecule has 27 heavy (non-hydrogen) atoms. The van der Waals surface area contributed by atoms with Crippen LogP contribution in [-0.4, -0.2) is 31.9 Å². The number of carbonyl (C=O) groups excluding carboxylic acids is 1. The van der Waals surface area contributed by atoms with Crippen molar-refractivity contribution < 1.29 is 23.1 Å². The average Bonchev–Trinajstić information content (AvgIpc) is 3.04. The zero-order valence-corrected chi connectivity index (χ0v) is 15.6. The number of sulfonamides is 1. The van der Waals surface area contributed by atoms with Gasteiger partial charge in [0.15, 0.2) is 0 Å². The van der Waals surface area contributed by atoms with E-state index in [1.165, 1.54) is 4.31 Å². The maximum absolute atomic E-state index is 12.9. The number of fused-ring (bicyclic) bond motifs is 1. The van der Waals surface area contributed by atoms with E-state index >= 15 is 0 Å². The van der Waals surface area contributed by atoms with E-state index in [4.69, 9.17) is 5.11 Å². The van der Waals surface area contributed by atoms with Gasteiger partial charge in [0.1, 0.15) is 0 Å². The molecule has 1 heterocycles. The van der Waals surface area contributed by atoms with Crippen molar-refractivity contribution in [3.63, 3.8) is 0 Å². The molecule has 1 aliphatic heterocycles. The number of amides is 1. The van der Waals surface area contributed by atoms with Crippen molar-refractivity contribution in [1.82, 2.24) is 0 Å². The van der Waals surface area contributed by atoms with E-state index in [2.05, 4.69) is 5.32 Å². The van der Waals surface area contributed by atoms with E-state index in [0.717, 1.165) is 11.1 Å². The SMILES string of the molecule is Cc1ccc(S(=O)(=O)N2CCc3cc(NC(=O)CCC(=O)O)ccc32)cc1. The molecule has 0 saturated carbocycles. The lowest BCUT2D eigenvalue weighted by Gasteiger charge is -2.20. The van der Waals surface area contributed by atoms with Crippen LogP contribution < -0.4 is 9.62 Å². The van der Waals surface area contributed by atoms with Crippen LogP contribution in [0.4, 0.5) is 11.4 Å². The fourth-order valence-corrected chi connectivity index (χ4v) is 4.48. The van der Waals surface area contributed by atoms with Crippen LogP contribution in [0.5, 0.6) is 0 Å². The van der Waals surface area contributed by atoms with E-state index < -0.39 is 16.0 Å². The van der Waals surface area contributed by atoms with Crippen molar-refractivity contribution in [2.45, 2.75) is 31.1 Å². The highest BCUT2D eigenvalue weighted by Crippen LogP contribution is 2.34. The number of nitrogens with zero attached hydrogens (tertiary/aromatic N) is 1. The lowest BCUT2D eigenvalue weighted by Crippen LogP contribution is -2.29. The lowest BCUT2D eigenvalue weighted by molar-refractivity contribution is -0.138. The van der Waals surface area contributed by atoms with Gasteiger partial charge in [-0.1, -0.05) is 17.7 Å². The molecular weight excluding hydrogens is 368 g/mol. The number of carbonyl (C=O) groups is 2. The molecule has 0 aromatic heterocycles. The van der Waals surface area contributed by atoms with Crippen LogP contribution >= 0.6 is 0 Å². The molecule has 3 rings (SSSR count). The second-order valence-electron chi connectivity index (χ2n) is 6.43. The van der Waals surface area contributed by atoms with Gasteiger partial charge in [-0.15, -0.1) is 0 Å². The molecule has 7 nitrogen and oxygen atoms in total. The number of carboxylic acids is 1. The van der Waals surface area contributed by atoms with Crippen LogP contribution in [0.2, 0.25) is 0 Å². The molecule has 0 radical (unpaired) electrons. The third-order valence-corrected chi connectivity index (χ3v) is 6.22. The number of aliphatic carboxylic acids is 1. The summed E-state index contributed by atoms with van der Waals surface area (Å²) in [6.07, 6.45) is 0.193. The maximum atomic E-state index is 12.9. The summed E-state index contributed by atoms with van der Waals surface area (Å²) >= 11 is 0. The van der Waals surface area contributed by atoms with E-state index in [9.17, 15) is 18.0 Å². The molecular formula is C19H20N2O5S. The number of hydrogen-bond donors (Lipinski definition) is 2. The van der Waals surface area contributed by atoms with Crippen molar-refractivity contribution in [3.05, 3.63) is 53.6 Å². The van der Waals surface area contributed by atoms with Gasteiger partial charge < -0.3 is 10.4 Å². The number of benzene rings is 2. The molecule has 0 fully saturated rings. The van der Waals surface area contributed by atoms with E-state index in [1.807, 2.05) is 6.92 Å². The molecule has 0 saturated heterocycles. The minimum absolute atomic E-state index is 0.111. The van der Waals surface area contributed by atoms with Crippen molar-refractivity contribution in [3.8, 4) is 0 Å². The third-order valence-electron chi connectivity index (χ3n) is 4.39. The Bertz CT molecular complexity index is 984. The Morgan fingerprint density at radius 3 is 2.48 bits per heavy atom. The Kier molecular flexibility index (Phi) is 5.18. The highest BCUT2D eigenvalue weighted by molar-refractivity contribution is 7.92.